The molecule has 4 rings (SSSR count). The van der Waals surface area contributed by atoms with Crippen molar-refractivity contribution in [3.05, 3.63) is 54.1 Å². The van der Waals surface area contributed by atoms with E-state index in [0.29, 0.717) is 12.1 Å². The predicted octanol–water partition coefficient (Wildman–Crippen LogP) is 6.21. The first-order valence-electron chi connectivity index (χ1n) is 10.3. The van der Waals surface area contributed by atoms with Gasteiger partial charge in [0.1, 0.15) is 0 Å². The van der Waals surface area contributed by atoms with Crippen molar-refractivity contribution in [2.45, 2.75) is 61.8 Å². The minimum Gasteiger partial charge on any atom is -0.481 e. The van der Waals surface area contributed by atoms with E-state index in [9.17, 15) is 19.5 Å². The lowest BCUT2D eigenvalue weighted by Gasteiger charge is -2.55. The Labute approximate surface area is 204 Å². The van der Waals surface area contributed by atoms with Crippen molar-refractivity contribution >= 4 is 37.0 Å². The number of carbonyl (C=O) groups is 3. The van der Waals surface area contributed by atoms with Crippen molar-refractivity contribution in [2.24, 2.45) is 16.2 Å². The van der Waals surface area contributed by atoms with Crippen LogP contribution in [0.4, 0.5) is 5.69 Å². The molecule has 2 fully saturated rings. The quantitative estimate of drug-likeness (QED) is 0.540. The van der Waals surface area contributed by atoms with E-state index in [1.54, 1.807) is 6.92 Å². The summed E-state index contributed by atoms with van der Waals surface area (Å²) in [5, 5.41) is 9.81. The molecule has 2 aromatic rings. The fraction of sp³-hybridized carbons (Fsp3) is 0.444. The summed E-state index contributed by atoms with van der Waals surface area (Å²) in [6, 6.07) is 15.6. The second kappa shape index (κ2) is 9.34. The van der Waals surface area contributed by atoms with Crippen molar-refractivity contribution in [2.75, 3.05) is 4.90 Å². The van der Waals surface area contributed by atoms with Gasteiger partial charge < -0.3 is 5.11 Å². The van der Waals surface area contributed by atoms with Gasteiger partial charge in [-0.15, -0.1) is 0 Å². The van der Waals surface area contributed by atoms with E-state index in [2.05, 4.69) is 0 Å². The molecule has 2 aliphatic rings. The average molecular weight is 472 g/mol. The van der Waals surface area contributed by atoms with Gasteiger partial charge in [0.2, 0.25) is 11.8 Å². The fourth-order valence-corrected chi connectivity index (χ4v) is 5.74. The molecule has 1 aliphatic heterocycles. The zero-order valence-electron chi connectivity index (χ0n) is 18.4. The van der Waals surface area contributed by atoms with E-state index in [1.807, 2.05) is 69.3 Å². The number of benzene rings is 2. The van der Waals surface area contributed by atoms with Crippen molar-refractivity contribution in [1.82, 2.24) is 0 Å². The number of nitrogens with zero attached hydrogens (tertiary/aromatic N) is 1. The highest BCUT2D eigenvalue weighted by Crippen LogP contribution is 2.59. The van der Waals surface area contributed by atoms with Crippen molar-refractivity contribution in [3.63, 3.8) is 0 Å². The number of amides is 2. The van der Waals surface area contributed by atoms with Crippen LogP contribution in [0.5, 0.6) is 0 Å². The summed E-state index contributed by atoms with van der Waals surface area (Å²) in [6.07, 6.45) is 0.838. The summed E-state index contributed by atoms with van der Waals surface area (Å²) >= 11 is 0. The third-order valence-electron chi connectivity index (χ3n) is 6.85. The number of carbonyl (C=O) groups excluding carboxylic acids is 2. The molecule has 180 valence electrons. The number of hydrogen-bond acceptors (Lipinski definition) is 3. The van der Waals surface area contributed by atoms with Crippen molar-refractivity contribution in [1.29, 1.82) is 0 Å². The maximum absolute atomic E-state index is 13.6. The number of imide groups is 1. The molecule has 1 saturated heterocycles. The van der Waals surface area contributed by atoms with Crippen LogP contribution in [0.3, 0.4) is 0 Å². The average Bonchev–Trinajstić information content (AvgIpc) is 2.68. The van der Waals surface area contributed by atoms with Gasteiger partial charge in [-0.05, 0) is 55.9 Å². The zero-order valence-corrected chi connectivity index (χ0v) is 19.4. The lowest BCUT2D eigenvalue weighted by atomic mass is 9.51. The first-order valence-corrected chi connectivity index (χ1v) is 10.3. The molecule has 0 aromatic heterocycles. The van der Waals surface area contributed by atoms with E-state index in [1.165, 1.54) is 4.90 Å². The second-order valence-electron chi connectivity index (χ2n) is 9.83. The number of fused-ring (bicyclic) bond motifs is 2. The molecule has 1 aliphatic carbocycles. The lowest BCUT2D eigenvalue weighted by Crippen LogP contribution is -2.64. The number of piperidine rings is 1. The highest BCUT2D eigenvalue weighted by atomic mass is 32.1. The molecule has 2 aromatic carbocycles. The molecule has 1 unspecified atom stereocenters. The molecule has 2 bridgehead atoms. The number of carboxylic acids is 1. The van der Waals surface area contributed by atoms with Gasteiger partial charge in [-0.2, -0.15) is 13.5 Å². The van der Waals surface area contributed by atoms with Crippen molar-refractivity contribution < 1.29 is 19.5 Å². The standard InChI is InChI=1S/C25H27NO4.2CH4.H2S/c1-16-10-11-18(17-8-6-5-7-9-17)12-19(16)26-20(27)23(2)13-24(3,21(26)28)15-25(4,14-23)22(29)30;;;/h5-12H,13-15H2,1-4H3,(H,29,30);2*1H4;1H2/t23-,24+,25?;;;. The zero-order chi connectivity index (χ0) is 21.9. The highest BCUT2D eigenvalue weighted by Gasteiger charge is 2.63. The predicted molar refractivity (Wildman–Crippen MR) is 139 cm³/mol. The van der Waals surface area contributed by atoms with Crippen molar-refractivity contribution in [3.8, 4) is 11.1 Å². The smallest absolute Gasteiger partial charge is 0.309 e. The second-order valence-corrected chi connectivity index (χ2v) is 9.83. The molecule has 5 nitrogen and oxygen atoms in total. The summed E-state index contributed by atoms with van der Waals surface area (Å²) in [7, 11) is 0. The van der Waals surface area contributed by atoms with E-state index < -0.39 is 22.2 Å². The van der Waals surface area contributed by atoms with E-state index in [0.717, 1.165) is 16.7 Å². The first kappa shape index (κ1) is 28.4. The number of aryl methyl sites for hydroxylation is 1. The summed E-state index contributed by atoms with van der Waals surface area (Å²) in [4.78, 5) is 40.6. The van der Waals surface area contributed by atoms with Crippen LogP contribution in [0.1, 0.15) is 60.5 Å². The maximum Gasteiger partial charge on any atom is 0.309 e. The first-order chi connectivity index (χ1) is 14.0. The Bertz CT molecular complexity index is 1040. The number of carboxylic acid groups (broad SMARTS) is 1. The molecule has 33 heavy (non-hydrogen) atoms. The van der Waals surface area contributed by atoms with Gasteiger partial charge in [0, 0.05) is 10.8 Å². The molecule has 1 saturated carbocycles. The Balaban J connectivity index is 0.00000181. The Hall–Kier alpha value is -2.60. The molecule has 6 heteroatoms. The van der Waals surface area contributed by atoms with Gasteiger partial charge in [-0.25, -0.2) is 4.90 Å². The molecule has 3 atom stereocenters. The van der Waals surface area contributed by atoms with Gasteiger partial charge in [0.15, 0.2) is 0 Å². The Morgan fingerprint density at radius 2 is 1.36 bits per heavy atom. The normalized spacial score (nSPS) is 28.2. The van der Waals surface area contributed by atoms with Gasteiger partial charge in [-0.3, -0.25) is 14.4 Å². The topological polar surface area (TPSA) is 74.7 Å². The molecule has 0 spiro atoms. The number of rotatable bonds is 3. The molecule has 2 amide bonds. The summed E-state index contributed by atoms with van der Waals surface area (Å²) in [5.41, 5.74) is 0.462. The molecule has 0 radical (unpaired) electrons. The Morgan fingerprint density at radius 3 is 1.85 bits per heavy atom. The molecular weight excluding hydrogens is 434 g/mol. The van der Waals surface area contributed by atoms with Gasteiger partial charge >= 0.3 is 5.97 Å². The minimum absolute atomic E-state index is 0. The van der Waals surface area contributed by atoms with Crippen LogP contribution >= 0.6 is 13.5 Å². The summed E-state index contributed by atoms with van der Waals surface area (Å²) in [5.74, 6) is -1.55. The van der Waals surface area contributed by atoms with Crippen LogP contribution < -0.4 is 4.90 Å². The lowest BCUT2D eigenvalue weighted by molar-refractivity contribution is -0.167. The van der Waals surface area contributed by atoms with Crippen LogP contribution in [0.15, 0.2) is 48.5 Å². The van der Waals surface area contributed by atoms with Gasteiger partial charge in [-0.1, -0.05) is 71.2 Å². The monoisotopic (exact) mass is 471 g/mol. The number of anilines is 1. The Morgan fingerprint density at radius 1 is 0.848 bits per heavy atom. The van der Waals surface area contributed by atoms with Crippen LogP contribution in [0, 0.1) is 23.2 Å². The summed E-state index contributed by atoms with van der Waals surface area (Å²) in [6.45, 7) is 7.16. The number of hydrogen-bond donors (Lipinski definition) is 1. The molecule has 1 N–H and O–H groups in total. The van der Waals surface area contributed by atoms with E-state index in [-0.39, 0.29) is 53.0 Å². The third-order valence-corrected chi connectivity index (χ3v) is 6.85. The third kappa shape index (κ3) is 4.45. The Kier molecular flexibility index (Phi) is 8.04. The largest absolute Gasteiger partial charge is 0.481 e. The fourth-order valence-electron chi connectivity index (χ4n) is 5.74. The van der Waals surface area contributed by atoms with Gasteiger partial charge in [0.25, 0.3) is 0 Å². The van der Waals surface area contributed by atoms with Gasteiger partial charge in [0.05, 0.1) is 11.1 Å². The van der Waals surface area contributed by atoms with Crippen LogP contribution in [-0.2, 0) is 14.4 Å². The molecule has 1 heterocycles. The van der Waals surface area contributed by atoms with Crippen LogP contribution in [-0.4, -0.2) is 22.9 Å². The highest BCUT2D eigenvalue weighted by molar-refractivity contribution is 7.59. The van der Waals surface area contributed by atoms with E-state index >= 15 is 0 Å². The minimum atomic E-state index is -1.10. The van der Waals surface area contributed by atoms with Crippen LogP contribution in [0.2, 0.25) is 0 Å². The maximum atomic E-state index is 13.6. The molecular formula is C27H37NO4S. The van der Waals surface area contributed by atoms with Crippen LogP contribution in [0.25, 0.3) is 11.1 Å². The number of aliphatic carboxylic acids is 1. The summed E-state index contributed by atoms with van der Waals surface area (Å²) < 4.78 is 0. The SMILES string of the molecule is C.C.Cc1ccc(-c2ccccc2)cc1N1C(=O)[C@@]2(C)CC(C)(C(=O)O)C[C@](C)(C2)C1=O.S. The van der Waals surface area contributed by atoms with E-state index in [4.69, 9.17) is 0 Å².